The maximum Gasteiger partial charge on any atom is 0.208 e. The fraction of sp³-hybridized carbons (Fsp3) is 0.111. The summed E-state index contributed by atoms with van der Waals surface area (Å²) in [4.78, 5) is 10.5. The predicted molar refractivity (Wildman–Crippen MR) is 45.9 cm³/mol. The zero-order valence-corrected chi connectivity index (χ0v) is 6.98. The lowest BCUT2D eigenvalue weighted by atomic mass is 10.2. The molecule has 1 aromatic heterocycles. The summed E-state index contributed by atoms with van der Waals surface area (Å²) < 4.78 is 9.98. The number of rotatable bonds is 2. The van der Waals surface area contributed by atoms with Gasteiger partial charge >= 0.3 is 0 Å². The third-order valence-electron chi connectivity index (χ3n) is 1.80. The fourth-order valence-electron chi connectivity index (χ4n) is 1.20. The van der Waals surface area contributed by atoms with Crippen molar-refractivity contribution in [3.05, 3.63) is 23.9 Å². The summed E-state index contributed by atoms with van der Waals surface area (Å²) in [6, 6.07) is 3.31. The van der Waals surface area contributed by atoms with Gasteiger partial charge in [-0.3, -0.25) is 4.79 Å². The number of ether oxygens (including phenoxy) is 1. The maximum atomic E-state index is 10.5. The summed E-state index contributed by atoms with van der Waals surface area (Å²) in [6.45, 7) is 0. The van der Waals surface area contributed by atoms with E-state index >= 15 is 0 Å². The minimum atomic E-state index is 0.525. The van der Waals surface area contributed by atoms with Crippen LogP contribution in [0.4, 0.5) is 0 Å². The van der Waals surface area contributed by atoms with Gasteiger partial charge in [-0.15, -0.1) is 0 Å². The first-order valence-corrected chi connectivity index (χ1v) is 3.73. The van der Waals surface area contributed by atoms with E-state index in [4.69, 9.17) is 9.26 Å². The van der Waals surface area contributed by atoms with E-state index < -0.39 is 0 Å². The Hall–Kier alpha value is -1.84. The van der Waals surface area contributed by atoms with Crippen LogP contribution in [0.1, 0.15) is 10.4 Å². The van der Waals surface area contributed by atoms with E-state index in [1.165, 1.54) is 7.11 Å². The molecule has 2 aromatic rings. The Balaban J connectivity index is 2.77. The van der Waals surface area contributed by atoms with Crippen molar-refractivity contribution in [1.29, 1.82) is 0 Å². The standard InChI is InChI=1S/C9H7NO3/c1-12-8-3-6(5-11)2-7-4-10-13-9(7)8/h2-5H,1H3. The molecule has 4 nitrogen and oxygen atoms in total. The average molecular weight is 177 g/mol. The number of methoxy groups -OCH3 is 1. The van der Waals surface area contributed by atoms with Crippen LogP contribution in [0.3, 0.4) is 0 Å². The number of nitrogens with zero attached hydrogens (tertiary/aromatic N) is 1. The molecule has 0 atom stereocenters. The molecule has 1 heterocycles. The monoisotopic (exact) mass is 177 g/mol. The molecule has 0 aliphatic rings. The zero-order chi connectivity index (χ0) is 9.26. The minimum Gasteiger partial charge on any atom is -0.493 e. The second-order valence-corrected chi connectivity index (χ2v) is 2.59. The Morgan fingerprint density at radius 2 is 2.38 bits per heavy atom. The van der Waals surface area contributed by atoms with Crippen LogP contribution >= 0.6 is 0 Å². The molecule has 0 bridgehead atoms. The first-order valence-electron chi connectivity index (χ1n) is 3.73. The summed E-state index contributed by atoms with van der Waals surface area (Å²) in [7, 11) is 1.52. The highest BCUT2D eigenvalue weighted by Gasteiger charge is 2.07. The molecule has 0 aliphatic carbocycles. The van der Waals surface area contributed by atoms with E-state index in [0.717, 1.165) is 11.7 Å². The van der Waals surface area contributed by atoms with E-state index in [9.17, 15) is 4.79 Å². The number of benzene rings is 1. The number of aldehydes is 1. The van der Waals surface area contributed by atoms with Crippen molar-refractivity contribution in [2.24, 2.45) is 0 Å². The van der Waals surface area contributed by atoms with Gasteiger partial charge in [-0.1, -0.05) is 5.16 Å². The highest BCUT2D eigenvalue weighted by atomic mass is 16.5. The van der Waals surface area contributed by atoms with E-state index in [1.807, 2.05) is 0 Å². The third kappa shape index (κ3) is 1.16. The normalized spacial score (nSPS) is 10.2. The van der Waals surface area contributed by atoms with Crippen LogP contribution in [-0.4, -0.2) is 18.6 Å². The molecule has 0 radical (unpaired) electrons. The molecule has 1 aromatic carbocycles. The highest BCUT2D eigenvalue weighted by Crippen LogP contribution is 2.26. The topological polar surface area (TPSA) is 52.3 Å². The molecular formula is C9H7NO3. The summed E-state index contributed by atoms with van der Waals surface area (Å²) >= 11 is 0. The quantitative estimate of drug-likeness (QED) is 0.654. The number of fused-ring (bicyclic) bond motifs is 1. The van der Waals surface area contributed by atoms with Gasteiger partial charge in [0.25, 0.3) is 0 Å². The van der Waals surface area contributed by atoms with E-state index in [2.05, 4.69) is 5.16 Å². The van der Waals surface area contributed by atoms with E-state index in [0.29, 0.717) is 16.9 Å². The van der Waals surface area contributed by atoms with Crippen molar-refractivity contribution in [2.45, 2.75) is 0 Å². The lowest BCUT2D eigenvalue weighted by Gasteiger charge is -1.99. The number of hydrogen-bond donors (Lipinski definition) is 0. The van der Waals surface area contributed by atoms with Gasteiger partial charge < -0.3 is 9.26 Å². The van der Waals surface area contributed by atoms with Crippen molar-refractivity contribution >= 4 is 17.3 Å². The van der Waals surface area contributed by atoms with Gasteiger partial charge in [-0.05, 0) is 12.1 Å². The molecule has 13 heavy (non-hydrogen) atoms. The number of aromatic nitrogens is 1. The Morgan fingerprint density at radius 3 is 3.08 bits per heavy atom. The van der Waals surface area contributed by atoms with E-state index in [-0.39, 0.29) is 0 Å². The van der Waals surface area contributed by atoms with Crippen LogP contribution < -0.4 is 4.74 Å². The number of carbonyl (C=O) groups excluding carboxylic acids is 1. The van der Waals surface area contributed by atoms with Crippen LogP contribution in [0.2, 0.25) is 0 Å². The van der Waals surface area contributed by atoms with Gasteiger partial charge in [-0.25, -0.2) is 0 Å². The van der Waals surface area contributed by atoms with Crippen LogP contribution in [0.5, 0.6) is 5.75 Å². The van der Waals surface area contributed by atoms with Crippen molar-refractivity contribution in [2.75, 3.05) is 7.11 Å². The Kier molecular flexibility index (Phi) is 1.73. The fourth-order valence-corrected chi connectivity index (χ4v) is 1.20. The SMILES string of the molecule is COc1cc(C=O)cc2cnoc12. The number of carbonyl (C=O) groups is 1. The Morgan fingerprint density at radius 1 is 1.54 bits per heavy atom. The van der Waals surface area contributed by atoms with Crippen molar-refractivity contribution in [3.8, 4) is 5.75 Å². The lowest BCUT2D eigenvalue weighted by Crippen LogP contribution is -1.86. The molecule has 0 saturated carbocycles. The smallest absolute Gasteiger partial charge is 0.208 e. The first kappa shape index (κ1) is 7.79. The zero-order valence-electron chi connectivity index (χ0n) is 6.98. The summed E-state index contributed by atoms with van der Waals surface area (Å²) in [5.41, 5.74) is 1.11. The number of hydrogen-bond acceptors (Lipinski definition) is 4. The molecular weight excluding hydrogens is 170 g/mol. The first-order chi connectivity index (χ1) is 6.35. The molecule has 0 amide bonds. The van der Waals surface area contributed by atoms with Gasteiger partial charge in [0.2, 0.25) is 5.58 Å². The molecule has 0 fully saturated rings. The van der Waals surface area contributed by atoms with Gasteiger partial charge in [-0.2, -0.15) is 0 Å². The second-order valence-electron chi connectivity index (χ2n) is 2.59. The van der Waals surface area contributed by atoms with Gasteiger partial charge in [0.15, 0.2) is 5.75 Å². The van der Waals surface area contributed by atoms with Gasteiger partial charge in [0.05, 0.1) is 13.3 Å². The third-order valence-corrected chi connectivity index (χ3v) is 1.80. The average Bonchev–Trinajstić information content (AvgIpc) is 2.63. The molecule has 66 valence electrons. The van der Waals surface area contributed by atoms with Crippen LogP contribution in [0.25, 0.3) is 11.0 Å². The van der Waals surface area contributed by atoms with Crippen molar-refractivity contribution < 1.29 is 14.1 Å². The predicted octanol–water partition coefficient (Wildman–Crippen LogP) is 1.65. The Labute approximate surface area is 74.1 Å². The minimum absolute atomic E-state index is 0.525. The highest BCUT2D eigenvalue weighted by molar-refractivity contribution is 5.89. The molecule has 0 saturated heterocycles. The summed E-state index contributed by atoms with van der Waals surface area (Å²) in [6.07, 6.45) is 2.31. The van der Waals surface area contributed by atoms with Crippen molar-refractivity contribution in [1.82, 2.24) is 5.16 Å². The largest absolute Gasteiger partial charge is 0.493 e. The molecule has 2 rings (SSSR count). The summed E-state index contributed by atoms with van der Waals surface area (Å²) in [5.74, 6) is 0.525. The molecule has 0 N–H and O–H groups in total. The van der Waals surface area contributed by atoms with Crippen molar-refractivity contribution in [3.63, 3.8) is 0 Å². The van der Waals surface area contributed by atoms with Crippen LogP contribution in [-0.2, 0) is 0 Å². The van der Waals surface area contributed by atoms with Crippen LogP contribution in [0, 0.1) is 0 Å². The molecule has 0 spiro atoms. The maximum absolute atomic E-state index is 10.5. The molecule has 0 aliphatic heterocycles. The lowest BCUT2D eigenvalue weighted by molar-refractivity contribution is 0.112. The summed E-state index contributed by atoms with van der Waals surface area (Å²) in [5, 5.41) is 4.38. The van der Waals surface area contributed by atoms with Gasteiger partial charge in [0, 0.05) is 10.9 Å². The Bertz CT molecular complexity index is 447. The van der Waals surface area contributed by atoms with E-state index in [1.54, 1.807) is 18.3 Å². The molecule has 4 heteroatoms. The van der Waals surface area contributed by atoms with Gasteiger partial charge in [0.1, 0.15) is 6.29 Å². The second kappa shape index (κ2) is 2.90. The van der Waals surface area contributed by atoms with Crippen LogP contribution in [0.15, 0.2) is 22.9 Å². The molecule has 0 unspecified atom stereocenters.